The van der Waals surface area contributed by atoms with Crippen molar-refractivity contribution in [3.8, 4) is 22.5 Å². The van der Waals surface area contributed by atoms with Crippen molar-refractivity contribution in [3.05, 3.63) is 66.5 Å². The fourth-order valence-electron chi connectivity index (χ4n) is 3.35. The van der Waals surface area contributed by atoms with E-state index in [1.54, 1.807) is 0 Å². The summed E-state index contributed by atoms with van der Waals surface area (Å²) in [7, 11) is 0. The smallest absolute Gasteiger partial charge is 0.109 e. The molecule has 0 radical (unpaired) electrons. The van der Waals surface area contributed by atoms with Crippen molar-refractivity contribution in [2.24, 2.45) is 0 Å². The van der Waals surface area contributed by atoms with Crippen LogP contribution in [-0.4, -0.2) is 9.55 Å². The summed E-state index contributed by atoms with van der Waals surface area (Å²) in [5, 5.41) is 0. The lowest BCUT2D eigenvalue weighted by atomic mass is 10.0. The Hall–Kier alpha value is -2.35. The summed E-state index contributed by atoms with van der Waals surface area (Å²) in [6.45, 7) is 1.08. The molecule has 1 aliphatic rings. The number of nitrogens with zero attached hydrogens (tertiary/aromatic N) is 2. The van der Waals surface area contributed by atoms with Crippen LogP contribution in [0.1, 0.15) is 25.1 Å². The van der Waals surface area contributed by atoms with Gasteiger partial charge in [-0.2, -0.15) is 0 Å². The maximum absolute atomic E-state index is 5.02. The van der Waals surface area contributed by atoms with E-state index >= 15 is 0 Å². The van der Waals surface area contributed by atoms with Gasteiger partial charge in [0, 0.05) is 24.1 Å². The average Bonchev–Trinajstić information content (AvgIpc) is 2.79. The van der Waals surface area contributed by atoms with Crippen LogP contribution in [-0.2, 0) is 13.0 Å². The van der Waals surface area contributed by atoms with Crippen LogP contribution in [0, 0.1) is 0 Å². The Balaban J connectivity index is 1.95. The summed E-state index contributed by atoms with van der Waals surface area (Å²) in [6.07, 6.45) is 4.89. The molecule has 0 saturated carbocycles. The van der Waals surface area contributed by atoms with Crippen LogP contribution in [0.15, 0.2) is 60.7 Å². The molecule has 110 valence electrons. The molecule has 0 atom stereocenters. The molecular formula is C20H20N2. The Kier molecular flexibility index (Phi) is 3.51. The molecule has 0 amide bonds. The zero-order chi connectivity index (χ0) is 14.8. The number of imidazole rings is 1. The number of fused-ring (bicyclic) bond motifs is 1. The Morgan fingerprint density at radius 1 is 0.727 bits per heavy atom. The molecule has 4 rings (SSSR count). The summed E-state index contributed by atoms with van der Waals surface area (Å²) in [6, 6.07) is 21.3. The van der Waals surface area contributed by atoms with Gasteiger partial charge in [-0.1, -0.05) is 67.1 Å². The molecule has 2 heteroatoms. The van der Waals surface area contributed by atoms with Crippen LogP contribution in [0.25, 0.3) is 22.5 Å². The number of rotatable bonds is 2. The third-order valence-corrected chi connectivity index (χ3v) is 4.42. The van der Waals surface area contributed by atoms with Gasteiger partial charge in [0.05, 0.1) is 11.4 Å². The SMILES string of the molecule is c1ccc(-c2nc3n(c2-c2ccccc2)CCCCC3)cc1. The van der Waals surface area contributed by atoms with E-state index in [1.165, 1.54) is 41.9 Å². The van der Waals surface area contributed by atoms with Crippen molar-refractivity contribution in [3.63, 3.8) is 0 Å². The molecule has 3 aromatic rings. The summed E-state index contributed by atoms with van der Waals surface area (Å²) in [5.74, 6) is 1.25. The molecule has 22 heavy (non-hydrogen) atoms. The van der Waals surface area contributed by atoms with E-state index in [9.17, 15) is 0 Å². The van der Waals surface area contributed by atoms with Gasteiger partial charge in [-0.05, 0) is 12.8 Å². The Labute approximate surface area is 131 Å². The van der Waals surface area contributed by atoms with Gasteiger partial charge in [0.25, 0.3) is 0 Å². The lowest BCUT2D eigenvalue weighted by Gasteiger charge is -2.11. The average molecular weight is 288 g/mol. The fourth-order valence-corrected chi connectivity index (χ4v) is 3.35. The largest absolute Gasteiger partial charge is 0.327 e. The Morgan fingerprint density at radius 2 is 1.41 bits per heavy atom. The number of benzene rings is 2. The number of hydrogen-bond acceptors (Lipinski definition) is 1. The fraction of sp³-hybridized carbons (Fsp3) is 0.250. The molecule has 0 unspecified atom stereocenters. The highest BCUT2D eigenvalue weighted by atomic mass is 15.1. The van der Waals surface area contributed by atoms with Gasteiger partial charge in [-0.3, -0.25) is 0 Å². The molecule has 0 saturated heterocycles. The van der Waals surface area contributed by atoms with Crippen molar-refractivity contribution in [2.45, 2.75) is 32.2 Å². The van der Waals surface area contributed by atoms with Crippen molar-refractivity contribution in [1.29, 1.82) is 0 Å². The lowest BCUT2D eigenvalue weighted by Crippen LogP contribution is -2.02. The van der Waals surface area contributed by atoms with Gasteiger partial charge in [0.15, 0.2) is 0 Å². The van der Waals surface area contributed by atoms with Crippen LogP contribution in [0.4, 0.5) is 0 Å². The van der Waals surface area contributed by atoms with Crippen molar-refractivity contribution in [2.75, 3.05) is 0 Å². The normalized spacial score (nSPS) is 14.4. The number of hydrogen-bond donors (Lipinski definition) is 0. The molecule has 0 N–H and O–H groups in total. The van der Waals surface area contributed by atoms with E-state index in [0.29, 0.717) is 0 Å². The van der Waals surface area contributed by atoms with Gasteiger partial charge in [0.2, 0.25) is 0 Å². The molecule has 2 nitrogen and oxygen atoms in total. The van der Waals surface area contributed by atoms with Crippen LogP contribution in [0.2, 0.25) is 0 Å². The second kappa shape index (κ2) is 5.80. The second-order valence-corrected chi connectivity index (χ2v) is 5.92. The standard InChI is InChI=1S/C20H20N2/c1-4-10-16(11-5-1)19-20(17-12-6-2-7-13-17)22-15-9-3-8-14-18(22)21-19/h1-2,4-7,10-13H,3,8-9,14-15H2. The molecule has 0 fully saturated rings. The van der Waals surface area contributed by atoms with E-state index < -0.39 is 0 Å². The van der Waals surface area contributed by atoms with Crippen LogP contribution in [0.5, 0.6) is 0 Å². The van der Waals surface area contributed by atoms with Crippen molar-refractivity contribution in [1.82, 2.24) is 9.55 Å². The first-order valence-electron chi connectivity index (χ1n) is 8.14. The molecule has 0 bridgehead atoms. The van der Waals surface area contributed by atoms with E-state index in [4.69, 9.17) is 4.98 Å². The maximum Gasteiger partial charge on any atom is 0.109 e. The van der Waals surface area contributed by atoms with E-state index in [-0.39, 0.29) is 0 Å². The minimum Gasteiger partial charge on any atom is -0.327 e. The summed E-state index contributed by atoms with van der Waals surface area (Å²) >= 11 is 0. The van der Waals surface area contributed by atoms with Gasteiger partial charge in [-0.25, -0.2) is 4.98 Å². The van der Waals surface area contributed by atoms with Gasteiger partial charge in [0.1, 0.15) is 5.82 Å². The minimum absolute atomic E-state index is 1.08. The molecule has 1 aromatic heterocycles. The quantitative estimate of drug-likeness (QED) is 0.653. The molecule has 2 aromatic carbocycles. The van der Waals surface area contributed by atoms with Gasteiger partial charge < -0.3 is 4.57 Å². The first-order valence-corrected chi connectivity index (χ1v) is 8.14. The maximum atomic E-state index is 5.02. The second-order valence-electron chi connectivity index (χ2n) is 5.92. The minimum atomic E-state index is 1.08. The lowest BCUT2D eigenvalue weighted by molar-refractivity contribution is 0.639. The van der Waals surface area contributed by atoms with E-state index in [1.807, 2.05) is 0 Å². The highest BCUT2D eigenvalue weighted by Crippen LogP contribution is 2.34. The third-order valence-electron chi connectivity index (χ3n) is 4.42. The Bertz CT molecular complexity index is 757. The molecule has 0 spiro atoms. The van der Waals surface area contributed by atoms with E-state index in [0.717, 1.165) is 18.7 Å². The molecular weight excluding hydrogens is 268 g/mol. The topological polar surface area (TPSA) is 17.8 Å². The van der Waals surface area contributed by atoms with Gasteiger partial charge >= 0.3 is 0 Å². The van der Waals surface area contributed by atoms with Crippen molar-refractivity contribution < 1.29 is 0 Å². The zero-order valence-corrected chi connectivity index (χ0v) is 12.7. The monoisotopic (exact) mass is 288 g/mol. The van der Waals surface area contributed by atoms with Crippen LogP contribution in [0.3, 0.4) is 0 Å². The molecule has 0 aliphatic carbocycles. The van der Waals surface area contributed by atoms with Crippen LogP contribution < -0.4 is 0 Å². The van der Waals surface area contributed by atoms with Crippen LogP contribution >= 0.6 is 0 Å². The Morgan fingerprint density at radius 3 is 2.14 bits per heavy atom. The summed E-state index contributed by atoms with van der Waals surface area (Å²) in [4.78, 5) is 5.02. The predicted octanol–water partition coefficient (Wildman–Crippen LogP) is 4.94. The third kappa shape index (κ3) is 2.35. The summed E-state index contributed by atoms with van der Waals surface area (Å²) in [5.41, 5.74) is 4.89. The number of aryl methyl sites for hydroxylation is 1. The first-order chi connectivity index (χ1) is 10.9. The van der Waals surface area contributed by atoms with Gasteiger partial charge in [-0.15, -0.1) is 0 Å². The predicted molar refractivity (Wildman–Crippen MR) is 90.7 cm³/mol. The first kappa shape index (κ1) is 13.3. The molecule has 2 heterocycles. The number of aromatic nitrogens is 2. The molecule has 1 aliphatic heterocycles. The van der Waals surface area contributed by atoms with E-state index in [2.05, 4.69) is 65.2 Å². The van der Waals surface area contributed by atoms with Crippen molar-refractivity contribution >= 4 is 0 Å². The highest BCUT2D eigenvalue weighted by molar-refractivity contribution is 5.79. The summed E-state index contributed by atoms with van der Waals surface area (Å²) < 4.78 is 2.45. The zero-order valence-electron chi connectivity index (χ0n) is 12.7. The highest BCUT2D eigenvalue weighted by Gasteiger charge is 2.20.